The highest BCUT2D eigenvalue weighted by atomic mass is 19.1. The maximum Gasteiger partial charge on any atom is 0.256 e. The van der Waals surface area contributed by atoms with Crippen molar-refractivity contribution >= 4 is 17.7 Å². The zero-order valence-corrected chi connectivity index (χ0v) is 16.3. The Morgan fingerprint density at radius 2 is 1.69 bits per heavy atom. The summed E-state index contributed by atoms with van der Waals surface area (Å²) in [4.78, 5) is 27.6. The number of hydrogen-bond donors (Lipinski definition) is 0. The Morgan fingerprint density at radius 3 is 2.38 bits per heavy atom. The van der Waals surface area contributed by atoms with E-state index in [9.17, 15) is 13.6 Å². The maximum absolute atomic E-state index is 13.9. The first kappa shape index (κ1) is 19.5. The molecule has 4 rings (SSSR count). The third-order valence-electron chi connectivity index (χ3n) is 5.18. The van der Waals surface area contributed by atoms with Crippen molar-refractivity contribution in [3.05, 3.63) is 47.2 Å². The minimum Gasteiger partial charge on any atom is -0.378 e. The van der Waals surface area contributed by atoms with E-state index in [1.807, 2.05) is 13.0 Å². The van der Waals surface area contributed by atoms with Crippen LogP contribution in [0.25, 0.3) is 0 Å². The van der Waals surface area contributed by atoms with Crippen LogP contribution < -0.4 is 9.80 Å². The Kier molecular flexibility index (Phi) is 5.57. The van der Waals surface area contributed by atoms with E-state index in [2.05, 4.69) is 14.8 Å². The fraction of sp³-hybridized carbons (Fsp3) is 0.450. The molecule has 154 valence electrons. The van der Waals surface area contributed by atoms with Gasteiger partial charge in [0.25, 0.3) is 5.91 Å². The number of carbonyl (C=O) groups is 1. The molecule has 7 nitrogen and oxygen atoms in total. The molecular formula is C20H23F2N5O2. The van der Waals surface area contributed by atoms with Gasteiger partial charge in [0.05, 0.1) is 18.8 Å². The topological polar surface area (TPSA) is 61.8 Å². The summed E-state index contributed by atoms with van der Waals surface area (Å²) < 4.78 is 32.4. The standard InChI is InChI=1S/C20H23F2N5O2/c1-14-12-18(24-20(23-14)27-8-10-29-11-9-27)25-4-6-26(7-5-25)19(28)16-3-2-15(21)13-17(16)22/h2-3,12-13H,4-11H2,1H3. The first-order valence-corrected chi connectivity index (χ1v) is 9.69. The fourth-order valence-electron chi connectivity index (χ4n) is 3.58. The minimum atomic E-state index is -0.834. The average Bonchev–Trinajstić information content (AvgIpc) is 2.74. The molecule has 2 aromatic rings. The van der Waals surface area contributed by atoms with E-state index in [1.165, 1.54) is 6.07 Å². The van der Waals surface area contributed by atoms with Crippen LogP contribution in [0.2, 0.25) is 0 Å². The quantitative estimate of drug-likeness (QED) is 0.780. The van der Waals surface area contributed by atoms with Crippen molar-refractivity contribution in [2.75, 3.05) is 62.3 Å². The molecule has 0 unspecified atom stereocenters. The van der Waals surface area contributed by atoms with Crippen molar-refractivity contribution in [3.63, 3.8) is 0 Å². The smallest absolute Gasteiger partial charge is 0.256 e. The first-order chi connectivity index (χ1) is 14.0. The Labute approximate surface area is 167 Å². The van der Waals surface area contributed by atoms with Crippen LogP contribution in [0.15, 0.2) is 24.3 Å². The molecule has 0 aliphatic carbocycles. The van der Waals surface area contributed by atoms with E-state index >= 15 is 0 Å². The number of aromatic nitrogens is 2. The molecule has 2 fully saturated rings. The van der Waals surface area contributed by atoms with Gasteiger partial charge in [-0.3, -0.25) is 4.79 Å². The third kappa shape index (κ3) is 4.29. The maximum atomic E-state index is 13.9. The summed E-state index contributed by atoms with van der Waals surface area (Å²) in [6.45, 7) is 6.80. The number of rotatable bonds is 3. The van der Waals surface area contributed by atoms with E-state index in [4.69, 9.17) is 9.72 Å². The predicted octanol–water partition coefficient (Wildman–Crippen LogP) is 1.86. The van der Waals surface area contributed by atoms with Gasteiger partial charge in [-0.1, -0.05) is 0 Å². The molecule has 0 saturated carbocycles. The van der Waals surface area contributed by atoms with Gasteiger partial charge in [0.1, 0.15) is 17.5 Å². The van der Waals surface area contributed by atoms with Gasteiger partial charge in [-0.2, -0.15) is 4.98 Å². The normalized spacial score (nSPS) is 17.6. The van der Waals surface area contributed by atoms with E-state index < -0.39 is 17.5 Å². The van der Waals surface area contributed by atoms with Gasteiger partial charge in [-0.05, 0) is 19.1 Å². The van der Waals surface area contributed by atoms with Crippen molar-refractivity contribution in [1.82, 2.24) is 14.9 Å². The van der Waals surface area contributed by atoms with Crippen molar-refractivity contribution in [1.29, 1.82) is 0 Å². The number of morpholine rings is 1. The van der Waals surface area contributed by atoms with Crippen LogP contribution >= 0.6 is 0 Å². The number of benzene rings is 1. The summed E-state index contributed by atoms with van der Waals surface area (Å²) in [7, 11) is 0. The number of piperazine rings is 1. The molecule has 1 amide bonds. The highest BCUT2D eigenvalue weighted by molar-refractivity contribution is 5.94. The van der Waals surface area contributed by atoms with Crippen LogP contribution in [0, 0.1) is 18.6 Å². The number of halogens is 2. The van der Waals surface area contributed by atoms with Crippen LogP contribution in [0.1, 0.15) is 16.1 Å². The molecule has 9 heteroatoms. The zero-order valence-electron chi connectivity index (χ0n) is 16.3. The van der Waals surface area contributed by atoms with E-state index in [0.29, 0.717) is 45.3 Å². The van der Waals surface area contributed by atoms with Gasteiger partial charge < -0.3 is 19.4 Å². The predicted molar refractivity (Wildman–Crippen MR) is 104 cm³/mol. The number of ether oxygens (including phenoxy) is 1. The second-order valence-corrected chi connectivity index (χ2v) is 7.17. The van der Waals surface area contributed by atoms with Crippen LogP contribution in [0.3, 0.4) is 0 Å². The molecule has 1 aromatic heterocycles. The lowest BCUT2D eigenvalue weighted by Crippen LogP contribution is -2.49. The molecule has 29 heavy (non-hydrogen) atoms. The van der Waals surface area contributed by atoms with Crippen molar-refractivity contribution < 1.29 is 18.3 Å². The van der Waals surface area contributed by atoms with Gasteiger partial charge in [0.2, 0.25) is 5.95 Å². The van der Waals surface area contributed by atoms with Gasteiger partial charge in [-0.15, -0.1) is 0 Å². The molecule has 2 aliphatic rings. The Morgan fingerprint density at radius 1 is 0.966 bits per heavy atom. The molecule has 2 saturated heterocycles. The Hall–Kier alpha value is -2.81. The van der Waals surface area contributed by atoms with Crippen molar-refractivity contribution in [3.8, 4) is 0 Å². The summed E-state index contributed by atoms with van der Waals surface area (Å²) >= 11 is 0. The molecule has 1 aromatic carbocycles. The molecule has 2 aliphatic heterocycles. The Bertz CT molecular complexity index is 896. The SMILES string of the molecule is Cc1cc(N2CCN(C(=O)c3ccc(F)cc3F)CC2)nc(N2CCOCC2)n1. The van der Waals surface area contributed by atoms with Crippen LogP contribution in [0.4, 0.5) is 20.5 Å². The summed E-state index contributed by atoms with van der Waals surface area (Å²) in [5.74, 6) is -0.442. The average molecular weight is 403 g/mol. The van der Waals surface area contributed by atoms with Crippen molar-refractivity contribution in [2.45, 2.75) is 6.92 Å². The van der Waals surface area contributed by atoms with Crippen LogP contribution in [-0.4, -0.2) is 73.3 Å². The molecule has 0 radical (unpaired) electrons. The summed E-state index contributed by atoms with van der Waals surface area (Å²) in [5, 5.41) is 0. The van der Waals surface area contributed by atoms with Crippen LogP contribution in [0.5, 0.6) is 0 Å². The summed E-state index contributed by atoms with van der Waals surface area (Å²) in [5.41, 5.74) is 0.774. The minimum absolute atomic E-state index is 0.104. The second kappa shape index (κ2) is 8.28. The lowest BCUT2D eigenvalue weighted by atomic mass is 10.1. The number of anilines is 2. The van der Waals surface area contributed by atoms with E-state index in [1.54, 1.807) is 4.90 Å². The number of hydrogen-bond acceptors (Lipinski definition) is 6. The van der Waals surface area contributed by atoms with Gasteiger partial charge >= 0.3 is 0 Å². The molecule has 0 N–H and O–H groups in total. The summed E-state index contributed by atoms with van der Waals surface area (Å²) in [6.07, 6.45) is 0. The number of aryl methyl sites for hydroxylation is 1. The number of amides is 1. The molecule has 0 atom stereocenters. The highest BCUT2D eigenvalue weighted by Gasteiger charge is 2.26. The zero-order chi connectivity index (χ0) is 20.4. The third-order valence-corrected chi connectivity index (χ3v) is 5.18. The lowest BCUT2D eigenvalue weighted by molar-refractivity contribution is 0.0741. The van der Waals surface area contributed by atoms with Gasteiger partial charge in [-0.25, -0.2) is 13.8 Å². The van der Waals surface area contributed by atoms with Crippen LogP contribution in [-0.2, 0) is 4.74 Å². The van der Waals surface area contributed by atoms with E-state index in [-0.39, 0.29) is 5.56 Å². The molecule has 3 heterocycles. The van der Waals surface area contributed by atoms with Crippen molar-refractivity contribution in [2.24, 2.45) is 0 Å². The molecule has 0 spiro atoms. The van der Waals surface area contributed by atoms with E-state index in [0.717, 1.165) is 36.7 Å². The lowest BCUT2D eigenvalue weighted by Gasteiger charge is -2.36. The number of nitrogens with zero attached hydrogens (tertiary/aromatic N) is 5. The number of carbonyl (C=O) groups excluding carboxylic acids is 1. The van der Waals surface area contributed by atoms with Gasteiger partial charge in [0.15, 0.2) is 0 Å². The fourth-order valence-corrected chi connectivity index (χ4v) is 3.58. The highest BCUT2D eigenvalue weighted by Crippen LogP contribution is 2.21. The van der Waals surface area contributed by atoms with Gasteiger partial charge in [0, 0.05) is 57.1 Å². The Balaban J connectivity index is 1.44. The summed E-state index contributed by atoms with van der Waals surface area (Å²) in [6, 6.07) is 4.96. The monoisotopic (exact) mass is 403 g/mol. The largest absolute Gasteiger partial charge is 0.378 e. The second-order valence-electron chi connectivity index (χ2n) is 7.17. The molecule has 0 bridgehead atoms. The molecular weight excluding hydrogens is 380 g/mol. The first-order valence-electron chi connectivity index (χ1n) is 9.69.